The van der Waals surface area contributed by atoms with E-state index in [4.69, 9.17) is 9.47 Å². The van der Waals surface area contributed by atoms with Crippen molar-refractivity contribution in [1.82, 2.24) is 4.90 Å². The summed E-state index contributed by atoms with van der Waals surface area (Å²) in [6, 6.07) is 16.7. The number of hydrogen-bond donors (Lipinski definition) is 0. The average Bonchev–Trinajstić information content (AvgIpc) is 2.99. The van der Waals surface area contributed by atoms with Crippen LogP contribution in [0.25, 0.3) is 0 Å². The molecule has 0 aromatic heterocycles. The van der Waals surface area contributed by atoms with Gasteiger partial charge in [0.05, 0.1) is 20.3 Å². The van der Waals surface area contributed by atoms with E-state index in [0.29, 0.717) is 12.2 Å². The third-order valence-electron chi connectivity index (χ3n) is 5.89. The van der Waals surface area contributed by atoms with Crippen LogP contribution in [-0.4, -0.2) is 24.9 Å². The highest BCUT2D eigenvalue weighted by Gasteiger charge is 2.36. The van der Waals surface area contributed by atoms with Crippen LogP contribution in [0.3, 0.4) is 0 Å². The van der Waals surface area contributed by atoms with Crippen molar-refractivity contribution >= 4 is 5.78 Å². The van der Waals surface area contributed by atoms with Gasteiger partial charge in [-0.2, -0.15) is 0 Å². The number of carbonyl (C=O) groups excluding carboxylic acids is 1. The lowest BCUT2D eigenvalue weighted by molar-refractivity contribution is -0.115. The first-order valence-electron chi connectivity index (χ1n) is 9.99. The zero-order valence-electron chi connectivity index (χ0n) is 16.6. The summed E-state index contributed by atoms with van der Waals surface area (Å²) in [5.74, 6) is 1.93. The minimum absolute atomic E-state index is 0.194. The van der Waals surface area contributed by atoms with E-state index >= 15 is 0 Å². The largest absolute Gasteiger partial charge is 0.497 e. The second-order valence-electron chi connectivity index (χ2n) is 7.49. The Labute approximate surface area is 166 Å². The Balaban J connectivity index is 1.72. The number of allylic oxidation sites excluding steroid dienone is 1. The molecular formula is C24H27NO3. The maximum atomic E-state index is 12.8. The number of nitrogens with zero attached hydrogens (tertiary/aromatic N) is 1. The molecule has 2 aliphatic rings. The van der Waals surface area contributed by atoms with E-state index in [-0.39, 0.29) is 6.04 Å². The van der Waals surface area contributed by atoms with Gasteiger partial charge in [0.2, 0.25) is 0 Å². The van der Waals surface area contributed by atoms with E-state index in [9.17, 15) is 4.79 Å². The molecule has 146 valence electrons. The van der Waals surface area contributed by atoms with Gasteiger partial charge in [-0.05, 0) is 37.0 Å². The molecule has 0 N–H and O–H groups in total. The fourth-order valence-electron chi connectivity index (χ4n) is 4.43. The fraction of sp³-hybridized carbons (Fsp3) is 0.375. The average molecular weight is 377 g/mol. The van der Waals surface area contributed by atoms with Gasteiger partial charge in [-0.3, -0.25) is 4.79 Å². The number of hydrogen-bond acceptors (Lipinski definition) is 4. The summed E-state index contributed by atoms with van der Waals surface area (Å²) < 4.78 is 11.0. The van der Waals surface area contributed by atoms with E-state index in [2.05, 4.69) is 35.2 Å². The minimum atomic E-state index is 0.194. The van der Waals surface area contributed by atoms with Crippen LogP contribution < -0.4 is 9.47 Å². The van der Waals surface area contributed by atoms with Gasteiger partial charge in [0.15, 0.2) is 5.78 Å². The quantitative estimate of drug-likeness (QED) is 0.731. The molecule has 1 unspecified atom stereocenters. The van der Waals surface area contributed by atoms with E-state index in [1.54, 1.807) is 14.2 Å². The Hall–Kier alpha value is -2.75. The molecular weight excluding hydrogens is 350 g/mol. The standard InChI is InChI=1S/C24H27NO3/c1-27-19-13-12-18(24(14-19)28-2)16-25-21-10-6-7-11-23(26)20(21)15-22(25)17-8-4-3-5-9-17/h3-5,8-9,12-14,22H,6-7,10-11,15-16H2,1-2H3. The van der Waals surface area contributed by atoms with Crippen LogP contribution in [0.5, 0.6) is 11.5 Å². The molecule has 0 saturated carbocycles. The molecule has 4 heteroatoms. The highest BCUT2D eigenvalue weighted by atomic mass is 16.5. The van der Waals surface area contributed by atoms with Crippen LogP contribution in [-0.2, 0) is 11.3 Å². The molecule has 0 saturated heterocycles. The highest BCUT2D eigenvalue weighted by Crippen LogP contribution is 2.44. The number of rotatable bonds is 5. The molecule has 1 aliphatic carbocycles. The van der Waals surface area contributed by atoms with E-state index in [0.717, 1.165) is 54.9 Å². The first kappa shape index (κ1) is 18.6. The van der Waals surface area contributed by atoms with Gasteiger partial charge in [-0.25, -0.2) is 0 Å². The molecule has 0 spiro atoms. The summed E-state index contributed by atoms with van der Waals surface area (Å²) in [4.78, 5) is 15.2. The summed E-state index contributed by atoms with van der Waals surface area (Å²) in [6.45, 7) is 0.721. The van der Waals surface area contributed by atoms with Crippen LogP contribution in [0, 0.1) is 0 Å². The SMILES string of the molecule is COc1ccc(CN2C3=C(CC2c2ccccc2)C(=O)CCCC3)c(OC)c1. The molecule has 0 radical (unpaired) electrons. The van der Waals surface area contributed by atoms with Crippen molar-refractivity contribution in [2.75, 3.05) is 14.2 Å². The van der Waals surface area contributed by atoms with Gasteiger partial charge in [0.25, 0.3) is 0 Å². The molecule has 28 heavy (non-hydrogen) atoms. The molecule has 2 aromatic carbocycles. The fourth-order valence-corrected chi connectivity index (χ4v) is 4.43. The minimum Gasteiger partial charge on any atom is -0.497 e. The molecule has 4 rings (SSSR count). The van der Waals surface area contributed by atoms with Crippen LogP contribution in [0.2, 0.25) is 0 Å². The van der Waals surface area contributed by atoms with Crippen LogP contribution in [0.1, 0.15) is 49.3 Å². The van der Waals surface area contributed by atoms with Crippen molar-refractivity contribution in [3.05, 3.63) is 70.9 Å². The predicted molar refractivity (Wildman–Crippen MR) is 109 cm³/mol. The number of methoxy groups -OCH3 is 2. The lowest BCUT2D eigenvalue weighted by Crippen LogP contribution is -2.24. The number of benzene rings is 2. The topological polar surface area (TPSA) is 38.8 Å². The zero-order valence-corrected chi connectivity index (χ0v) is 16.6. The summed E-state index contributed by atoms with van der Waals surface area (Å²) >= 11 is 0. The van der Waals surface area contributed by atoms with Gasteiger partial charge in [0, 0.05) is 42.3 Å². The highest BCUT2D eigenvalue weighted by molar-refractivity contribution is 5.96. The Bertz CT molecular complexity index is 888. The third-order valence-corrected chi connectivity index (χ3v) is 5.89. The first-order valence-corrected chi connectivity index (χ1v) is 9.99. The van der Waals surface area contributed by atoms with Gasteiger partial charge in [-0.15, -0.1) is 0 Å². The second-order valence-corrected chi connectivity index (χ2v) is 7.49. The van der Waals surface area contributed by atoms with Crippen molar-refractivity contribution in [3.8, 4) is 11.5 Å². The van der Waals surface area contributed by atoms with Crippen LogP contribution in [0.4, 0.5) is 0 Å². The summed E-state index contributed by atoms with van der Waals surface area (Å²) in [5.41, 5.74) is 4.64. The second kappa shape index (κ2) is 8.09. The lowest BCUT2D eigenvalue weighted by Gasteiger charge is -2.31. The number of Topliss-reactive ketones (excluding diaryl/α,β-unsaturated/α-hetero) is 1. The molecule has 1 heterocycles. The number of carbonyl (C=O) groups is 1. The molecule has 2 aromatic rings. The maximum absolute atomic E-state index is 12.8. The zero-order chi connectivity index (χ0) is 19.5. The Morgan fingerprint density at radius 1 is 1.00 bits per heavy atom. The van der Waals surface area contributed by atoms with Gasteiger partial charge in [-0.1, -0.05) is 30.3 Å². The Kier molecular flexibility index (Phi) is 5.38. The Morgan fingerprint density at radius 2 is 1.79 bits per heavy atom. The maximum Gasteiger partial charge on any atom is 0.160 e. The van der Waals surface area contributed by atoms with Crippen molar-refractivity contribution in [1.29, 1.82) is 0 Å². The number of ketones is 1. The van der Waals surface area contributed by atoms with E-state index in [1.807, 2.05) is 18.2 Å². The van der Waals surface area contributed by atoms with Gasteiger partial charge < -0.3 is 14.4 Å². The van der Waals surface area contributed by atoms with Crippen molar-refractivity contribution in [2.45, 2.75) is 44.7 Å². The normalized spacial score (nSPS) is 19.4. The molecule has 1 atom stereocenters. The van der Waals surface area contributed by atoms with Crippen LogP contribution >= 0.6 is 0 Å². The molecule has 0 bridgehead atoms. The monoisotopic (exact) mass is 377 g/mol. The van der Waals surface area contributed by atoms with Gasteiger partial charge >= 0.3 is 0 Å². The van der Waals surface area contributed by atoms with Crippen molar-refractivity contribution < 1.29 is 14.3 Å². The summed E-state index contributed by atoms with van der Waals surface area (Å²) in [7, 11) is 3.35. The first-order chi connectivity index (χ1) is 13.7. The smallest absolute Gasteiger partial charge is 0.160 e. The van der Waals surface area contributed by atoms with Crippen LogP contribution in [0.15, 0.2) is 59.8 Å². The van der Waals surface area contributed by atoms with Gasteiger partial charge in [0.1, 0.15) is 11.5 Å². The molecule has 4 nitrogen and oxygen atoms in total. The van der Waals surface area contributed by atoms with E-state index < -0.39 is 0 Å². The summed E-state index contributed by atoms with van der Waals surface area (Å²) in [5, 5.41) is 0. The molecule has 0 fully saturated rings. The lowest BCUT2D eigenvalue weighted by atomic mass is 9.98. The number of ether oxygens (including phenoxy) is 2. The molecule has 0 amide bonds. The van der Waals surface area contributed by atoms with Crippen molar-refractivity contribution in [3.63, 3.8) is 0 Å². The Morgan fingerprint density at radius 3 is 2.54 bits per heavy atom. The summed E-state index contributed by atoms with van der Waals surface area (Å²) in [6.07, 6.45) is 4.52. The van der Waals surface area contributed by atoms with E-state index in [1.165, 1.54) is 11.3 Å². The molecule has 1 aliphatic heterocycles. The van der Waals surface area contributed by atoms with Crippen molar-refractivity contribution in [2.24, 2.45) is 0 Å². The predicted octanol–water partition coefficient (Wildman–Crippen LogP) is 5.05. The third kappa shape index (κ3) is 3.51.